The van der Waals surface area contributed by atoms with E-state index >= 15 is 0 Å². The summed E-state index contributed by atoms with van der Waals surface area (Å²) in [6.07, 6.45) is 0. The largest absolute Gasteiger partial charge is 0.496 e. The minimum absolute atomic E-state index is 0.531. The molecule has 0 aliphatic rings. The maximum absolute atomic E-state index is 5.42. The molecule has 0 spiro atoms. The van der Waals surface area contributed by atoms with E-state index < -0.39 is 0 Å². The van der Waals surface area contributed by atoms with Gasteiger partial charge in [0.2, 0.25) is 0 Å². The van der Waals surface area contributed by atoms with Gasteiger partial charge in [-0.15, -0.1) is 0 Å². The fourth-order valence-corrected chi connectivity index (χ4v) is 1.80. The quantitative estimate of drug-likeness (QED) is 0.712. The topological polar surface area (TPSA) is 9.23 Å². The summed E-state index contributed by atoms with van der Waals surface area (Å²) in [5, 5.41) is 2.44. The average molecular weight is 200 g/mol. The predicted molar refractivity (Wildman–Crippen MR) is 64.6 cm³/mol. The Morgan fingerprint density at radius 1 is 1.07 bits per heavy atom. The van der Waals surface area contributed by atoms with Crippen LogP contribution in [0.25, 0.3) is 10.8 Å². The molecule has 0 radical (unpaired) electrons. The van der Waals surface area contributed by atoms with Crippen LogP contribution in [0, 0.1) is 0 Å². The number of methoxy groups -OCH3 is 1. The first-order valence-electron chi connectivity index (χ1n) is 5.29. The Labute approximate surface area is 90.7 Å². The molecule has 1 heteroatoms. The zero-order valence-electron chi connectivity index (χ0n) is 9.45. The van der Waals surface area contributed by atoms with Crippen molar-refractivity contribution in [1.29, 1.82) is 0 Å². The molecule has 2 aromatic rings. The van der Waals surface area contributed by atoms with Crippen LogP contribution >= 0.6 is 0 Å². The molecule has 2 rings (SSSR count). The number of ether oxygens (including phenoxy) is 1. The molecule has 0 N–H and O–H groups in total. The summed E-state index contributed by atoms with van der Waals surface area (Å²) in [5.74, 6) is 1.50. The summed E-state index contributed by atoms with van der Waals surface area (Å²) in [4.78, 5) is 0. The molecular formula is C14H16O. The minimum Gasteiger partial charge on any atom is -0.496 e. The van der Waals surface area contributed by atoms with Crippen molar-refractivity contribution in [3.63, 3.8) is 0 Å². The standard InChI is InChI=1S/C14H16O/c1-10(2)12-8-11-6-4-5-7-13(11)14(9-12)15-3/h4-10H,1-3H3. The second-order valence-electron chi connectivity index (χ2n) is 4.10. The van der Waals surface area contributed by atoms with Gasteiger partial charge in [0.15, 0.2) is 0 Å². The maximum Gasteiger partial charge on any atom is 0.126 e. The molecule has 0 amide bonds. The maximum atomic E-state index is 5.42. The number of hydrogen-bond acceptors (Lipinski definition) is 1. The van der Waals surface area contributed by atoms with Crippen molar-refractivity contribution in [2.75, 3.05) is 7.11 Å². The van der Waals surface area contributed by atoms with E-state index in [1.165, 1.54) is 16.3 Å². The van der Waals surface area contributed by atoms with Crippen molar-refractivity contribution < 1.29 is 4.74 Å². The molecule has 78 valence electrons. The second-order valence-corrected chi connectivity index (χ2v) is 4.10. The van der Waals surface area contributed by atoms with Crippen LogP contribution < -0.4 is 4.74 Å². The van der Waals surface area contributed by atoms with E-state index in [1.807, 2.05) is 6.07 Å². The average Bonchev–Trinajstić information content (AvgIpc) is 2.27. The molecule has 15 heavy (non-hydrogen) atoms. The summed E-state index contributed by atoms with van der Waals surface area (Å²) in [7, 11) is 1.73. The molecule has 2 aromatic carbocycles. The van der Waals surface area contributed by atoms with Crippen LogP contribution in [0.15, 0.2) is 36.4 Å². The monoisotopic (exact) mass is 200 g/mol. The van der Waals surface area contributed by atoms with Crippen LogP contribution in [0.5, 0.6) is 5.75 Å². The van der Waals surface area contributed by atoms with Gasteiger partial charge >= 0.3 is 0 Å². The molecule has 0 aliphatic carbocycles. The number of hydrogen-bond donors (Lipinski definition) is 0. The third-order valence-corrected chi connectivity index (χ3v) is 2.73. The zero-order valence-corrected chi connectivity index (χ0v) is 9.45. The van der Waals surface area contributed by atoms with Crippen molar-refractivity contribution in [3.8, 4) is 5.75 Å². The van der Waals surface area contributed by atoms with E-state index in [0.717, 1.165) is 5.75 Å². The van der Waals surface area contributed by atoms with Gasteiger partial charge in [0.25, 0.3) is 0 Å². The molecule has 0 aliphatic heterocycles. The molecule has 0 unspecified atom stereocenters. The third-order valence-electron chi connectivity index (χ3n) is 2.73. The summed E-state index contributed by atoms with van der Waals surface area (Å²) in [6, 6.07) is 12.7. The van der Waals surface area contributed by atoms with Crippen molar-refractivity contribution >= 4 is 10.8 Å². The lowest BCUT2D eigenvalue weighted by molar-refractivity contribution is 0.419. The minimum atomic E-state index is 0.531. The highest BCUT2D eigenvalue weighted by Gasteiger charge is 2.06. The number of fused-ring (bicyclic) bond motifs is 1. The smallest absolute Gasteiger partial charge is 0.126 e. The van der Waals surface area contributed by atoms with E-state index in [2.05, 4.69) is 44.2 Å². The van der Waals surface area contributed by atoms with Crippen LogP contribution in [0.3, 0.4) is 0 Å². The van der Waals surface area contributed by atoms with Gasteiger partial charge in [-0.1, -0.05) is 44.2 Å². The Hall–Kier alpha value is -1.50. The molecule has 0 saturated heterocycles. The van der Waals surface area contributed by atoms with Gasteiger partial charge in [0, 0.05) is 5.39 Å². The first-order valence-corrected chi connectivity index (χ1v) is 5.29. The van der Waals surface area contributed by atoms with E-state index in [1.54, 1.807) is 7.11 Å². The molecule has 0 heterocycles. The van der Waals surface area contributed by atoms with Crippen LogP contribution in [0.1, 0.15) is 25.3 Å². The first kappa shape index (κ1) is 10.0. The lowest BCUT2D eigenvalue weighted by Crippen LogP contribution is -1.91. The lowest BCUT2D eigenvalue weighted by atomic mass is 9.98. The Balaban J connectivity index is 2.71. The molecule has 0 fully saturated rings. The van der Waals surface area contributed by atoms with Gasteiger partial charge in [0.05, 0.1) is 7.11 Å². The van der Waals surface area contributed by atoms with Crippen LogP contribution in [-0.4, -0.2) is 7.11 Å². The summed E-state index contributed by atoms with van der Waals surface area (Å²) >= 11 is 0. The normalized spacial score (nSPS) is 10.9. The van der Waals surface area contributed by atoms with E-state index in [4.69, 9.17) is 4.74 Å². The summed E-state index contributed by atoms with van der Waals surface area (Å²) in [6.45, 7) is 4.40. The fourth-order valence-electron chi connectivity index (χ4n) is 1.80. The lowest BCUT2D eigenvalue weighted by Gasteiger charge is -2.11. The number of benzene rings is 2. The fraction of sp³-hybridized carbons (Fsp3) is 0.286. The molecule has 1 nitrogen and oxygen atoms in total. The molecule has 0 aromatic heterocycles. The summed E-state index contributed by atoms with van der Waals surface area (Å²) in [5.41, 5.74) is 1.32. The Kier molecular flexibility index (Phi) is 2.63. The predicted octanol–water partition coefficient (Wildman–Crippen LogP) is 3.97. The van der Waals surface area contributed by atoms with E-state index in [-0.39, 0.29) is 0 Å². The highest BCUT2D eigenvalue weighted by molar-refractivity contribution is 5.89. The summed E-state index contributed by atoms with van der Waals surface area (Å²) < 4.78 is 5.42. The highest BCUT2D eigenvalue weighted by Crippen LogP contribution is 2.30. The molecule has 0 saturated carbocycles. The van der Waals surface area contributed by atoms with Gasteiger partial charge in [-0.2, -0.15) is 0 Å². The Morgan fingerprint density at radius 3 is 2.47 bits per heavy atom. The van der Waals surface area contributed by atoms with Crippen molar-refractivity contribution in [1.82, 2.24) is 0 Å². The Bertz CT molecular complexity index is 472. The van der Waals surface area contributed by atoms with Crippen LogP contribution in [-0.2, 0) is 0 Å². The number of rotatable bonds is 2. The Morgan fingerprint density at radius 2 is 1.80 bits per heavy atom. The second kappa shape index (κ2) is 3.93. The van der Waals surface area contributed by atoms with Crippen LogP contribution in [0.2, 0.25) is 0 Å². The van der Waals surface area contributed by atoms with Crippen molar-refractivity contribution in [2.45, 2.75) is 19.8 Å². The first-order chi connectivity index (χ1) is 7.22. The van der Waals surface area contributed by atoms with Gasteiger partial charge in [-0.05, 0) is 22.9 Å². The van der Waals surface area contributed by atoms with Crippen molar-refractivity contribution in [3.05, 3.63) is 42.0 Å². The van der Waals surface area contributed by atoms with Gasteiger partial charge < -0.3 is 4.74 Å². The van der Waals surface area contributed by atoms with E-state index in [9.17, 15) is 0 Å². The zero-order chi connectivity index (χ0) is 10.8. The van der Waals surface area contributed by atoms with Gasteiger partial charge in [0.1, 0.15) is 5.75 Å². The highest BCUT2D eigenvalue weighted by atomic mass is 16.5. The third kappa shape index (κ3) is 1.82. The van der Waals surface area contributed by atoms with Gasteiger partial charge in [-0.3, -0.25) is 0 Å². The van der Waals surface area contributed by atoms with Crippen LogP contribution in [0.4, 0.5) is 0 Å². The molecular weight excluding hydrogens is 184 g/mol. The van der Waals surface area contributed by atoms with Crippen molar-refractivity contribution in [2.24, 2.45) is 0 Å². The molecule has 0 bridgehead atoms. The van der Waals surface area contributed by atoms with E-state index in [0.29, 0.717) is 5.92 Å². The van der Waals surface area contributed by atoms with Gasteiger partial charge in [-0.25, -0.2) is 0 Å². The SMILES string of the molecule is COc1cc(C(C)C)cc2ccccc12. The molecule has 0 atom stereocenters.